The third-order valence-electron chi connectivity index (χ3n) is 2.14. The van der Waals surface area contributed by atoms with Gasteiger partial charge in [-0.2, -0.15) is 0 Å². The van der Waals surface area contributed by atoms with Crippen LogP contribution < -0.4 is 4.74 Å². The van der Waals surface area contributed by atoms with Crippen molar-refractivity contribution in [2.45, 2.75) is 6.36 Å². The maximum atomic E-state index is 11.7. The van der Waals surface area contributed by atoms with Gasteiger partial charge in [-0.3, -0.25) is 4.74 Å². The van der Waals surface area contributed by atoms with E-state index in [1.165, 1.54) is 0 Å². The zero-order chi connectivity index (χ0) is 12.3. The first kappa shape index (κ1) is 11.8. The van der Waals surface area contributed by atoms with Crippen LogP contribution in [0.5, 0.6) is 5.75 Å². The molecule has 2 aromatic rings. The molecular weight excluding hydrogens is 235 g/mol. The number of hydrogen-bond donors (Lipinski definition) is 1. The molecule has 0 aliphatic rings. The fraction of sp³-hybridized carbons (Fsp3) is 0.273. The topological polar surface area (TPSA) is 34.2 Å². The summed E-state index contributed by atoms with van der Waals surface area (Å²) in [5.41, 5.74) is 0.948. The fourth-order valence-corrected chi connectivity index (χ4v) is 1.44. The minimum Gasteiger partial charge on any atom is -0.491 e. The summed E-state index contributed by atoms with van der Waals surface area (Å²) < 4.78 is 43.7. The molecule has 6 heteroatoms. The highest BCUT2D eigenvalue weighted by molar-refractivity contribution is 5.80. The van der Waals surface area contributed by atoms with E-state index in [9.17, 15) is 13.2 Å². The van der Waals surface area contributed by atoms with Gasteiger partial charge in [-0.15, -0.1) is 13.2 Å². The first-order valence-corrected chi connectivity index (χ1v) is 4.95. The number of ether oxygens (including phenoxy) is 2. The number of aromatic nitrogens is 1. The second-order valence-electron chi connectivity index (χ2n) is 3.37. The van der Waals surface area contributed by atoms with Crippen LogP contribution >= 0.6 is 0 Å². The number of alkyl halides is 3. The molecule has 3 nitrogen and oxygen atoms in total. The van der Waals surface area contributed by atoms with Gasteiger partial charge < -0.3 is 9.72 Å². The SMILES string of the molecule is FC(F)(F)OCCOc1ccc2[nH]ccc2c1. The normalized spacial score (nSPS) is 11.9. The second-order valence-corrected chi connectivity index (χ2v) is 3.37. The summed E-state index contributed by atoms with van der Waals surface area (Å²) in [6, 6.07) is 7.09. The standard InChI is InChI=1S/C11H10F3NO2/c12-11(13,14)17-6-5-16-9-1-2-10-8(7-9)3-4-15-10/h1-4,7,15H,5-6H2. The van der Waals surface area contributed by atoms with E-state index in [1.54, 1.807) is 24.4 Å². The lowest BCUT2D eigenvalue weighted by Gasteiger charge is -2.08. The second kappa shape index (κ2) is 4.67. The van der Waals surface area contributed by atoms with E-state index in [0.717, 1.165) is 10.9 Å². The van der Waals surface area contributed by atoms with Gasteiger partial charge >= 0.3 is 6.36 Å². The maximum absolute atomic E-state index is 11.7. The Bertz CT molecular complexity index is 493. The summed E-state index contributed by atoms with van der Waals surface area (Å²) in [4.78, 5) is 3.00. The molecule has 0 aliphatic heterocycles. The van der Waals surface area contributed by atoms with Crippen molar-refractivity contribution in [3.05, 3.63) is 30.5 Å². The highest BCUT2D eigenvalue weighted by Crippen LogP contribution is 2.20. The van der Waals surface area contributed by atoms with Crippen LogP contribution in [0.4, 0.5) is 13.2 Å². The van der Waals surface area contributed by atoms with Crippen molar-refractivity contribution >= 4 is 10.9 Å². The number of nitrogens with one attached hydrogen (secondary N) is 1. The molecule has 0 atom stereocenters. The molecular formula is C11H10F3NO2. The Labute approximate surface area is 95.1 Å². The summed E-state index contributed by atoms with van der Waals surface area (Å²) in [5, 5.41) is 0.944. The van der Waals surface area contributed by atoms with Crippen molar-refractivity contribution in [1.29, 1.82) is 0 Å². The van der Waals surface area contributed by atoms with Gasteiger partial charge in [0.2, 0.25) is 0 Å². The van der Waals surface area contributed by atoms with Crippen molar-refractivity contribution in [3.63, 3.8) is 0 Å². The van der Waals surface area contributed by atoms with E-state index in [1.807, 2.05) is 6.07 Å². The number of rotatable bonds is 4. The molecule has 1 aromatic heterocycles. The molecule has 1 N–H and O–H groups in total. The summed E-state index contributed by atoms with van der Waals surface area (Å²) in [7, 11) is 0. The van der Waals surface area contributed by atoms with Crippen molar-refractivity contribution < 1.29 is 22.6 Å². The summed E-state index contributed by atoms with van der Waals surface area (Å²) in [6.45, 7) is -0.663. The van der Waals surface area contributed by atoms with E-state index < -0.39 is 13.0 Å². The van der Waals surface area contributed by atoms with Crippen LogP contribution in [0, 0.1) is 0 Å². The van der Waals surface area contributed by atoms with Gasteiger partial charge in [-0.25, -0.2) is 0 Å². The van der Waals surface area contributed by atoms with Crippen LogP contribution in [-0.2, 0) is 4.74 Å². The molecule has 2 rings (SSSR count). The van der Waals surface area contributed by atoms with Crippen LogP contribution in [0.2, 0.25) is 0 Å². The maximum Gasteiger partial charge on any atom is 0.522 e. The van der Waals surface area contributed by atoms with Crippen LogP contribution in [0.3, 0.4) is 0 Å². The lowest BCUT2D eigenvalue weighted by Crippen LogP contribution is -2.18. The fourth-order valence-electron chi connectivity index (χ4n) is 1.44. The first-order chi connectivity index (χ1) is 8.04. The third-order valence-corrected chi connectivity index (χ3v) is 2.14. The molecule has 0 amide bonds. The molecule has 0 radical (unpaired) electrons. The minimum absolute atomic E-state index is 0.143. The van der Waals surface area contributed by atoms with Crippen LogP contribution in [0.15, 0.2) is 30.5 Å². The van der Waals surface area contributed by atoms with Crippen LogP contribution in [0.25, 0.3) is 10.9 Å². The Hall–Kier alpha value is -1.69. The number of halogens is 3. The van der Waals surface area contributed by atoms with Crippen LogP contribution in [0.1, 0.15) is 0 Å². The molecule has 17 heavy (non-hydrogen) atoms. The number of benzene rings is 1. The minimum atomic E-state index is -4.60. The lowest BCUT2D eigenvalue weighted by atomic mass is 10.2. The summed E-state index contributed by atoms with van der Waals surface area (Å²) >= 11 is 0. The Morgan fingerprint density at radius 3 is 2.71 bits per heavy atom. The molecule has 0 aliphatic carbocycles. The Morgan fingerprint density at radius 2 is 1.94 bits per heavy atom. The predicted octanol–water partition coefficient (Wildman–Crippen LogP) is 3.08. The Morgan fingerprint density at radius 1 is 1.12 bits per heavy atom. The Kier molecular flexibility index (Phi) is 3.23. The van der Waals surface area contributed by atoms with Crippen molar-refractivity contribution in [3.8, 4) is 5.75 Å². The first-order valence-electron chi connectivity index (χ1n) is 4.95. The smallest absolute Gasteiger partial charge is 0.491 e. The van der Waals surface area contributed by atoms with E-state index in [-0.39, 0.29) is 6.61 Å². The molecule has 1 aromatic carbocycles. The monoisotopic (exact) mass is 245 g/mol. The van der Waals surface area contributed by atoms with Crippen molar-refractivity contribution in [2.24, 2.45) is 0 Å². The van der Waals surface area contributed by atoms with Crippen molar-refractivity contribution in [2.75, 3.05) is 13.2 Å². The Balaban J connectivity index is 1.86. The number of aromatic amines is 1. The third kappa shape index (κ3) is 3.39. The van der Waals surface area contributed by atoms with Gasteiger partial charge in [0.1, 0.15) is 12.4 Å². The van der Waals surface area contributed by atoms with Gasteiger partial charge in [0, 0.05) is 17.1 Å². The van der Waals surface area contributed by atoms with Gasteiger partial charge in [-0.1, -0.05) is 0 Å². The quantitative estimate of drug-likeness (QED) is 0.840. The van der Waals surface area contributed by atoms with Gasteiger partial charge in [-0.05, 0) is 24.3 Å². The number of hydrogen-bond acceptors (Lipinski definition) is 2. The highest BCUT2D eigenvalue weighted by atomic mass is 19.4. The van der Waals surface area contributed by atoms with E-state index >= 15 is 0 Å². The van der Waals surface area contributed by atoms with Gasteiger partial charge in [0.25, 0.3) is 0 Å². The van der Waals surface area contributed by atoms with Crippen molar-refractivity contribution in [1.82, 2.24) is 4.98 Å². The molecule has 92 valence electrons. The van der Waals surface area contributed by atoms with E-state index in [2.05, 4.69) is 9.72 Å². The molecule has 0 bridgehead atoms. The highest BCUT2D eigenvalue weighted by Gasteiger charge is 2.28. The average Bonchev–Trinajstić information content (AvgIpc) is 2.70. The predicted molar refractivity (Wildman–Crippen MR) is 55.8 cm³/mol. The lowest BCUT2D eigenvalue weighted by molar-refractivity contribution is -0.325. The molecule has 0 fully saturated rings. The zero-order valence-electron chi connectivity index (χ0n) is 8.75. The molecule has 0 saturated heterocycles. The molecule has 1 heterocycles. The summed E-state index contributed by atoms with van der Waals surface area (Å²) in [5.74, 6) is 0.517. The average molecular weight is 245 g/mol. The number of fused-ring (bicyclic) bond motifs is 1. The molecule has 0 saturated carbocycles. The van der Waals surface area contributed by atoms with Gasteiger partial charge in [0.15, 0.2) is 0 Å². The van der Waals surface area contributed by atoms with Gasteiger partial charge in [0.05, 0.1) is 6.61 Å². The largest absolute Gasteiger partial charge is 0.522 e. The molecule has 0 unspecified atom stereocenters. The molecule has 0 spiro atoms. The van der Waals surface area contributed by atoms with E-state index in [4.69, 9.17) is 4.74 Å². The van der Waals surface area contributed by atoms with Crippen LogP contribution in [-0.4, -0.2) is 24.6 Å². The zero-order valence-corrected chi connectivity index (χ0v) is 8.75. The number of H-pyrrole nitrogens is 1. The van der Waals surface area contributed by atoms with E-state index in [0.29, 0.717) is 5.75 Å². The summed E-state index contributed by atoms with van der Waals surface area (Å²) in [6.07, 6.45) is -2.82.